The van der Waals surface area contributed by atoms with Crippen molar-refractivity contribution >= 4 is 17.2 Å². The van der Waals surface area contributed by atoms with Crippen LogP contribution in [-0.2, 0) is 11.2 Å². The number of amides is 1. The second-order valence-corrected chi connectivity index (χ2v) is 6.90. The third-order valence-corrected chi connectivity index (χ3v) is 5.10. The number of nitrogens with one attached hydrogen (secondary N) is 1. The Balaban J connectivity index is 1.46. The van der Waals surface area contributed by atoms with Gasteiger partial charge in [0.25, 0.3) is 0 Å². The van der Waals surface area contributed by atoms with Crippen molar-refractivity contribution in [3.63, 3.8) is 0 Å². The summed E-state index contributed by atoms with van der Waals surface area (Å²) in [6, 6.07) is 11.2. The Morgan fingerprint density at radius 2 is 1.81 bits per heavy atom. The summed E-state index contributed by atoms with van der Waals surface area (Å²) in [7, 11) is 1.62. The predicted molar refractivity (Wildman–Crippen MR) is 105 cm³/mol. The van der Waals surface area contributed by atoms with E-state index in [1.54, 1.807) is 19.5 Å². The highest BCUT2D eigenvalue weighted by Gasteiger charge is 2.12. The molecule has 0 fully saturated rings. The van der Waals surface area contributed by atoms with Crippen molar-refractivity contribution in [2.75, 3.05) is 20.3 Å². The molecule has 2 heterocycles. The van der Waals surface area contributed by atoms with Gasteiger partial charge < -0.3 is 14.8 Å². The SMILES string of the molecule is COc1ccc(OCCNC(=O)Cc2sc(-c3ccncc3)nc2C)cc1. The van der Waals surface area contributed by atoms with Crippen LogP contribution in [0.5, 0.6) is 11.5 Å². The fourth-order valence-electron chi connectivity index (χ4n) is 2.45. The van der Waals surface area contributed by atoms with Gasteiger partial charge in [-0.2, -0.15) is 0 Å². The van der Waals surface area contributed by atoms with Gasteiger partial charge in [0.1, 0.15) is 23.1 Å². The zero-order valence-electron chi connectivity index (χ0n) is 15.3. The first-order chi connectivity index (χ1) is 13.2. The minimum Gasteiger partial charge on any atom is -0.497 e. The van der Waals surface area contributed by atoms with Gasteiger partial charge in [-0.05, 0) is 43.3 Å². The number of hydrogen-bond acceptors (Lipinski definition) is 6. The molecule has 27 heavy (non-hydrogen) atoms. The largest absolute Gasteiger partial charge is 0.497 e. The summed E-state index contributed by atoms with van der Waals surface area (Å²) >= 11 is 1.54. The van der Waals surface area contributed by atoms with Gasteiger partial charge in [-0.25, -0.2) is 4.98 Å². The molecule has 0 aliphatic rings. The second kappa shape index (κ2) is 9.14. The molecule has 0 bridgehead atoms. The van der Waals surface area contributed by atoms with E-state index in [9.17, 15) is 4.79 Å². The minimum absolute atomic E-state index is 0.0404. The lowest BCUT2D eigenvalue weighted by atomic mass is 10.2. The van der Waals surface area contributed by atoms with Crippen molar-refractivity contribution < 1.29 is 14.3 Å². The van der Waals surface area contributed by atoms with Crippen LogP contribution in [-0.4, -0.2) is 36.1 Å². The summed E-state index contributed by atoms with van der Waals surface area (Å²) < 4.78 is 10.7. The van der Waals surface area contributed by atoms with Crippen LogP contribution in [0.2, 0.25) is 0 Å². The van der Waals surface area contributed by atoms with E-state index >= 15 is 0 Å². The first-order valence-corrected chi connectivity index (χ1v) is 9.37. The molecule has 1 aromatic carbocycles. The Morgan fingerprint density at radius 3 is 2.52 bits per heavy atom. The normalized spacial score (nSPS) is 10.4. The van der Waals surface area contributed by atoms with Crippen molar-refractivity contribution in [1.29, 1.82) is 0 Å². The fraction of sp³-hybridized carbons (Fsp3) is 0.250. The Labute approximate surface area is 162 Å². The molecule has 0 spiro atoms. The number of thiazole rings is 1. The zero-order chi connectivity index (χ0) is 19.1. The molecule has 7 heteroatoms. The third kappa shape index (κ3) is 5.27. The number of nitrogens with zero attached hydrogens (tertiary/aromatic N) is 2. The minimum atomic E-state index is -0.0404. The molecule has 3 rings (SSSR count). The fourth-order valence-corrected chi connectivity index (χ4v) is 3.52. The molecule has 0 saturated heterocycles. The highest BCUT2D eigenvalue weighted by molar-refractivity contribution is 7.15. The summed E-state index contributed by atoms with van der Waals surface area (Å²) in [5.41, 5.74) is 1.90. The van der Waals surface area contributed by atoms with E-state index in [0.29, 0.717) is 19.6 Å². The van der Waals surface area contributed by atoms with E-state index in [1.165, 1.54) is 11.3 Å². The number of aryl methyl sites for hydroxylation is 1. The monoisotopic (exact) mass is 383 g/mol. The smallest absolute Gasteiger partial charge is 0.225 e. The van der Waals surface area contributed by atoms with Crippen LogP contribution in [0.15, 0.2) is 48.8 Å². The second-order valence-electron chi connectivity index (χ2n) is 5.81. The van der Waals surface area contributed by atoms with Crippen molar-refractivity contribution in [1.82, 2.24) is 15.3 Å². The molecule has 3 aromatic rings. The molecule has 0 aliphatic heterocycles. The van der Waals surface area contributed by atoms with Gasteiger partial charge in [0.2, 0.25) is 5.91 Å². The van der Waals surface area contributed by atoms with E-state index < -0.39 is 0 Å². The van der Waals surface area contributed by atoms with E-state index in [0.717, 1.165) is 32.6 Å². The molecular weight excluding hydrogens is 362 g/mol. The van der Waals surface area contributed by atoms with Crippen LogP contribution in [0.4, 0.5) is 0 Å². The molecule has 0 unspecified atom stereocenters. The Hall–Kier alpha value is -2.93. The number of rotatable bonds is 8. The number of methoxy groups -OCH3 is 1. The van der Waals surface area contributed by atoms with Crippen LogP contribution in [0.25, 0.3) is 10.6 Å². The maximum absolute atomic E-state index is 12.2. The molecule has 0 radical (unpaired) electrons. The zero-order valence-corrected chi connectivity index (χ0v) is 16.1. The lowest BCUT2D eigenvalue weighted by Gasteiger charge is -2.08. The van der Waals surface area contributed by atoms with E-state index in [1.807, 2.05) is 43.3 Å². The summed E-state index contributed by atoms with van der Waals surface area (Å²) in [5.74, 6) is 1.48. The van der Waals surface area contributed by atoms with Crippen molar-refractivity contribution in [3.05, 3.63) is 59.4 Å². The van der Waals surface area contributed by atoms with Crippen molar-refractivity contribution in [3.8, 4) is 22.1 Å². The number of carbonyl (C=O) groups is 1. The quantitative estimate of drug-likeness (QED) is 0.605. The van der Waals surface area contributed by atoms with Gasteiger partial charge in [0, 0.05) is 22.8 Å². The number of pyridine rings is 1. The topological polar surface area (TPSA) is 73.3 Å². The number of ether oxygens (including phenoxy) is 2. The van der Waals surface area contributed by atoms with Gasteiger partial charge in [-0.3, -0.25) is 9.78 Å². The van der Waals surface area contributed by atoms with Crippen LogP contribution in [0.1, 0.15) is 10.6 Å². The van der Waals surface area contributed by atoms with Gasteiger partial charge >= 0.3 is 0 Å². The number of carbonyl (C=O) groups excluding carboxylic acids is 1. The summed E-state index contributed by atoms with van der Waals surface area (Å²) in [6.45, 7) is 2.78. The van der Waals surface area contributed by atoms with E-state index in [4.69, 9.17) is 9.47 Å². The molecule has 1 N–H and O–H groups in total. The highest BCUT2D eigenvalue weighted by atomic mass is 32.1. The van der Waals surface area contributed by atoms with Gasteiger partial charge in [-0.1, -0.05) is 0 Å². The van der Waals surface area contributed by atoms with Crippen molar-refractivity contribution in [2.45, 2.75) is 13.3 Å². The highest BCUT2D eigenvalue weighted by Crippen LogP contribution is 2.27. The van der Waals surface area contributed by atoms with Gasteiger partial charge in [-0.15, -0.1) is 11.3 Å². The standard InChI is InChI=1S/C20H21N3O3S/c1-14-18(27-20(23-14)15-7-9-21-10-8-15)13-19(24)22-11-12-26-17-5-3-16(25-2)4-6-17/h3-10H,11-13H2,1-2H3,(H,22,24). The number of aromatic nitrogens is 2. The average Bonchev–Trinajstić information content (AvgIpc) is 3.07. The van der Waals surface area contributed by atoms with Crippen LogP contribution in [0, 0.1) is 6.92 Å². The molecular formula is C20H21N3O3S. The Morgan fingerprint density at radius 1 is 1.11 bits per heavy atom. The predicted octanol–water partition coefficient (Wildman–Crippen LogP) is 3.26. The van der Waals surface area contributed by atoms with E-state index in [-0.39, 0.29) is 5.91 Å². The van der Waals surface area contributed by atoms with Gasteiger partial charge in [0.05, 0.1) is 25.8 Å². The Bertz CT molecular complexity index is 879. The number of hydrogen-bond donors (Lipinski definition) is 1. The lowest BCUT2D eigenvalue weighted by molar-refractivity contribution is -0.120. The molecule has 0 aliphatic carbocycles. The molecule has 0 saturated carbocycles. The van der Waals surface area contributed by atoms with Gasteiger partial charge in [0.15, 0.2) is 0 Å². The average molecular weight is 383 g/mol. The molecule has 2 aromatic heterocycles. The molecule has 0 atom stereocenters. The first kappa shape index (κ1) is 18.8. The van der Waals surface area contributed by atoms with E-state index in [2.05, 4.69) is 15.3 Å². The molecule has 1 amide bonds. The lowest BCUT2D eigenvalue weighted by Crippen LogP contribution is -2.29. The maximum Gasteiger partial charge on any atom is 0.225 e. The van der Waals surface area contributed by atoms with Crippen LogP contribution in [0.3, 0.4) is 0 Å². The van der Waals surface area contributed by atoms with Crippen LogP contribution >= 0.6 is 11.3 Å². The molecule has 6 nitrogen and oxygen atoms in total. The van der Waals surface area contributed by atoms with Crippen molar-refractivity contribution in [2.24, 2.45) is 0 Å². The summed E-state index contributed by atoms with van der Waals surface area (Å²) in [5, 5.41) is 3.78. The molecule has 140 valence electrons. The Kier molecular flexibility index (Phi) is 6.38. The maximum atomic E-state index is 12.2. The van der Waals surface area contributed by atoms with Crippen LogP contribution < -0.4 is 14.8 Å². The summed E-state index contributed by atoms with van der Waals surface area (Å²) in [6.07, 6.45) is 3.79. The summed E-state index contributed by atoms with van der Waals surface area (Å²) in [4.78, 5) is 21.7. The third-order valence-electron chi connectivity index (χ3n) is 3.89. The first-order valence-electron chi connectivity index (χ1n) is 8.56. The number of benzene rings is 1.